The van der Waals surface area contributed by atoms with Gasteiger partial charge in [0.05, 0.1) is 6.10 Å². The van der Waals surface area contributed by atoms with E-state index in [1.54, 1.807) is 0 Å². The lowest BCUT2D eigenvalue weighted by Gasteiger charge is -2.17. The Morgan fingerprint density at radius 3 is 2.15 bits per heavy atom. The quantitative estimate of drug-likeness (QED) is 0.636. The van der Waals surface area contributed by atoms with Crippen molar-refractivity contribution in [2.75, 3.05) is 20.6 Å². The average molecular weight is 210 g/mol. The van der Waals surface area contributed by atoms with E-state index in [-0.39, 0.29) is 12.5 Å². The number of hydrogen-bond acceptors (Lipinski definition) is 3. The normalized spacial score (nSPS) is 15.3. The highest BCUT2D eigenvalue weighted by atomic mass is 32.2. The molecule has 0 heterocycles. The summed E-state index contributed by atoms with van der Waals surface area (Å²) in [5, 5.41) is 9.33. The lowest BCUT2D eigenvalue weighted by atomic mass is 10.1. The summed E-state index contributed by atoms with van der Waals surface area (Å²) in [6.07, 6.45) is -0.644. The summed E-state index contributed by atoms with van der Waals surface area (Å²) in [4.78, 5) is 0. The molecule has 0 radical (unpaired) electrons. The maximum absolute atomic E-state index is 11.2. The van der Waals surface area contributed by atoms with Crippen LogP contribution in [0.2, 0.25) is 0 Å². The molecule has 13 heavy (non-hydrogen) atoms. The molecule has 0 saturated carbocycles. The minimum Gasteiger partial charge on any atom is -0.391 e. The molecule has 80 valence electrons. The van der Waals surface area contributed by atoms with Gasteiger partial charge >= 0.3 is 0 Å². The first-order chi connectivity index (χ1) is 5.77. The van der Waals surface area contributed by atoms with Crippen LogP contribution in [0.1, 0.15) is 13.8 Å². The molecule has 0 amide bonds. The second-order valence-electron chi connectivity index (χ2n) is 3.45. The highest BCUT2D eigenvalue weighted by molar-refractivity contribution is 7.87. The van der Waals surface area contributed by atoms with E-state index >= 15 is 0 Å². The van der Waals surface area contributed by atoms with E-state index in [1.165, 1.54) is 14.1 Å². The molecule has 0 aromatic rings. The van der Waals surface area contributed by atoms with Gasteiger partial charge in [-0.2, -0.15) is 17.4 Å². The second-order valence-corrected chi connectivity index (χ2v) is 5.42. The van der Waals surface area contributed by atoms with Crippen LogP contribution in [0.15, 0.2) is 0 Å². The van der Waals surface area contributed by atoms with Gasteiger partial charge in [0.25, 0.3) is 10.2 Å². The van der Waals surface area contributed by atoms with Crippen molar-refractivity contribution in [3.8, 4) is 0 Å². The lowest BCUT2D eigenvalue weighted by molar-refractivity contribution is 0.129. The summed E-state index contributed by atoms with van der Waals surface area (Å²) in [5.41, 5.74) is 0. The van der Waals surface area contributed by atoms with Crippen LogP contribution in [0.25, 0.3) is 0 Å². The van der Waals surface area contributed by atoms with E-state index in [2.05, 4.69) is 4.72 Å². The molecule has 5 nitrogen and oxygen atoms in total. The van der Waals surface area contributed by atoms with Crippen molar-refractivity contribution < 1.29 is 13.5 Å². The largest absolute Gasteiger partial charge is 0.391 e. The number of nitrogens with zero attached hydrogens (tertiary/aromatic N) is 1. The Hall–Kier alpha value is -0.170. The zero-order valence-corrected chi connectivity index (χ0v) is 9.30. The number of aliphatic hydroxyl groups is 1. The van der Waals surface area contributed by atoms with Gasteiger partial charge in [-0.1, -0.05) is 13.8 Å². The third-order valence-corrected chi connectivity index (χ3v) is 3.22. The molecule has 0 rings (SSSR count). The van der Waals surface area contributed by atoms with Gasteiger partial charge in [0.1, 0.15) is 0 Å². The highest BCUT2D eigenvalue weighted by Gasteiger charge is 2.16. The second kappa shape index (κ2) is 4.90. The van der Waals surface area contributed by atoms with Gasteiger partial charge in [-0.3, -0.25) is 0 Å². The molecule has 0 saturated heterocycles. The smallest absolute Gasteiger partial charge is 0.279 e. The Labute approximate surface area is 79.9 Å². The van der Waals surface area contributed by atoms with Crippen molar-refractivity contribution in [2.45, 2.75) is 20.0 Å². The van der Waals surface area contributed by atoms with Gasteiger partial charge < -0.3 is 5.11 Å². The van der Waals surface area contributed by atoms with Crippen molar-refractivity contribution in [2.24, 2.45) is 5.92 Å². The number of aliphatic hydroxyl groups excluding tert-OH is 1. The Morgan fingerprint density at radius 1 is 1.38 bits per heavy atom. The van der Waals surface area contributed by atoms with E-state index in [0.29, 0.717) is 0 Å². The fraction of sp³-hybridized carbons (Fsp3) is 1.00. The number of rotatable bonds is 5. The minimum absolute atomic E-state index is 0.0462. The van der Waals surface area contributed by atoms with E-state index in [1.807, 2.05) is 13.8 Å². The zero-order chi connectivity index (χ0) is 10.6. The van der Waals surface area contributed by atoms with Crippen LogP contribution >= 0.6 is 0 Å². The molecule has 1 unspecified atom stereocenters. The van der Waals surface area contributed by atoms with Crippen LogP contribution in [-0.4, -0.2) is 44.6 Å². The number of hydrogen-bond donors (Lipinski definition) is 2. The molecular weight excluding hydrogens is 192 g/mol. The first kappa shape index (κ1) is 12.8. The van der Waals surface area contributed by atoms with Gasteiger partial charge in [-0.25, -0.2) is 0 Å². The van der Waals surface area contributed by atoms with Crippen LogP contribution in [0.3, 0.4) is 0 Å². The summed E-state index contributed by atoms with van der Waals surface area (Å²) in [6, 6.07) is 0. The van der Waals surface area contributed by atoms with E-state index < -0.39 is 16.3 Å². The Morgan fingerprint density at radius 2 is 1.85 bits per heavy atom. The van der Waals surface area contributed by atoms with Crippen molar-refractivity contribution in [1.82, 2.24) is 9.03 Å². The summed E-state index contributed by atoms with van der Waals surface area (Å²) in [7, 11) is -0.534. The lowest BCUT2D eigenvalue weighted by Crippen LogP contribution is -2.41. The first-order valence-electron chi connectivity index (χ1n) is 4.12. The molecule has 6 heteroatoms. The molecule has 0 aliphatic rings. The molecule has 0 aromatic heterocycles. The molecule has 0 aromatic carbocycles. The van der Waals surface area contributed by atoms with Crippen LogP contribution in [0, 0.1) is 5.92 Å². The topological polar surface area (TPSA) is 69.6 Å². The van der Waals surface area contributed by atoms with E-state index in [4.69, 9.17) is 0 Å². The predicted molar refractivity (Wildman–Crippen MR) is 51.5 cm³/mol. The molecule has 0 spiro atoms. The monoisotopic (exact) mass is 210 g/mol. The molecule has 2 N–H and O–H groups in total. The first-order valence-corrected chi connectivity index (χ1v) is 5.56. The molecule has 0 bridgehead atoms. The fourth-order valence-electron chi connectivity index (χ4n) is 0.555. The predicted octanol–water partition coefficient (Wildman–Crippen LogP) is -0.601. The van der Waals surface area contributed by atoms with Gasteiger partial charge in [-0.15, -0.1) is 0 Å². The standard InChI is InChI=1S/C7H18N2O3S/c1-6(2)7(10)5-8-13(11,12)9(3)4/h6-8,10H,5H2,1-4H3. The number of nitrogens with one attached hydrogen (secondary N) is 1. The highest BCUT2D eigenvalue weighted by Crippen LogP contribution is 2.00. The van der Waals surface area contributed by atoms with Crippen LogP contribution in [-0.2, 0) is 10.2 Å². The summed E-state index contributed by atoms with van der Waals surface area (Å²) in [6.45, 7) is 3.71. The molecule has 0 aliphatic carbocycles. The third kappa shape index (κ3) is 4.56. The minimum atomic E-state index is -3.40. The van der Waals surface area contributed by atoms with E-state index in [0.717, 1.165) is 4.31 Å². The zero-order valence-electron chi connectivity index (χ0n) is 8.48. The molecule has 0 aliphatic heterocycles. The third-order valence-electron chi connectivity index (χ3n) is 1.73. The average Bonchev–Trinajstić information content (AvgIpc) is 1.99. The Balaban J connectivity index is 4.04. The SMILES string of the molecule is CC(C)C(O)CNS(=O)(=O)N(C)C. The van der Waals surface area contributed by atoms with Crippen molar-refractivity contribution in [1.29, 1.82) is 0 Å². The van der Waals surface area contributed by atoms with E-state index in [9.17, 15) is 13.5 Å². The summed E-state index contributed by atoms with van der Waals surface area (Å²) >= 11 is 0. The fourth-order valence-corrected chi connectivity index (χ4v) is 1.20. The van der Waals surface area contributed by atoms with Crippen LogP contribution in [0.4, 0.5) is 0 Å². The van der Waals surface area contributed by atoms with Gasteiger partial charge in [-0.05, 0) is 5.92 Å². The van der Waals surface area contributed by atoms with Crippen molar-refractivity contribution in [3.05, 3.63) is 0 Å². The molecule has 1 atom stereocenters. The van der Waals surface area contributed by atoms with Crippen molar-refractivity contribution in [3.63, 3.8) is 0 Å². The van der Waals surface area contributed by atoms with Gasteiger partial charge in [0.2, 0.25) is 0 Å². The Kier molecular flexibility index (Phi) is 4.83. The maximum Gasteiger partial charge on any atom is 0.279 e. The van der Waals surface area contributed by atoms with Gasteiger partial charge in [0, 0.05) is 20.6 Å². The maximum atomic E-state index is 11.2. The van der Waals surface area contributed by atoms with Gasteiger partial charge in [0.15, 0.2) is 0 Å². The van der Waals surface area contributed by atoms with Crippen molar-refractivity contribution >= 4 is 10.2 Å². The van der Waals surface area contributed by atoms with Crippen LogP contribution < -0.4 is 4.72 Å². The Bertz CT molecular complexity index is 236. The summed E-state index contributed by atoms with van der Waals surface area (Å²) in [5.74, 6) is 0.0462. The summed E-state index contributed by atoms with van der Waals surface area (Å²) < 4.78 is 25.7. The van der Waals surface area contributed by atoms with Crippen LogP contribution in [0.5, 0.6) is 0 Å². The molecular formula is C7H18N2O3S. The molecule has 0 fully saturated rings.